The number of benzene rings is 1. The van der Waals surface area contributed by atoms with E-state index in [1.165, 1.54) is 7.11 Å². The summed E-state index contributed by atoms with van der Waals surface area (Å²) in [6.07, 6.45) is 1.61. The molecule has 2 aliphatic rings. The topological polar surface area (TPSA) is 62.4 Å². The molecule has 0 spiro atoms. The summed E-state index contributed by atoms with van der Waals surface area (Å²) in [7, 11) is 1.43. The number of ether oxygens (including phenoxy) is 1. The quantitative estimate of drug-likeness (QED) is 0.818. The number of para-hydroxylation sites is 1. The van der Waals surface area contributed by atoms with Crippen LogP contribution in [0.4, 0.5) is 0 Å². The number of nitrogens with one attached hydrogen (secondary N) is 1. The smallest absolute Gasteiger partial charge is 0.323 e. The first-order valence-electron chi connectivity index (χ1n) is 7.64. The summed E-state index contributed by atoms with van der Waals surface area (Å²) in [5.41, 5.74) is 3.31. The minimum Gasteiger partial charge on any atom is -0.468 e. The summed E-state index contributed by atoms with van der Waals surface area (Å²) in [6, 6.07) is 7.76. The molecule has 2 aliphatic heterocycles. The number of hydrogen-bond acceptors (Lipinski definition) is 4. The number of ketones is 1. The fourth-order valence-corrected chi connectivity index (χ4v) is 3.88. The lowest BCUT2D eigenvalue weighted by Crippen LogP contribution is -2.51. The highest BCUT2D eigenvalue weighted by Gasteiger charge is 2.43. The van der Waals surface area contributed by atoms with E-state index in [1.54, 1.807) is 0 Å². The van der Waals surface area contributed by atoms with E-state index in [1.807, 2.05) is 18.2 Å². The van der Waals surface area contributed by atoms with Crippen LogP contribution in [0.1, 0.15) is 30.1 Å². The number of carbonyl (C=O) groups is 2. The molecule has 5 nitrogen and oxygen atoms in total. The van der Waals surface area contributed by atoms with Crippen molar-refractivity contribution >= 4 is 22.7 Å². The van der Waals surface area contributed by atoms with Crippen LogP contribution in [0.2, 0.25) is 0 Å². The van der Waals surface area contributed by atoms with E-state index in [-0.39, 0.29) is 23.8 Å². The molecule has 1 N–H and O–H groups in total. The van der Waals surface area contributed by atoms with Gasteiger partial charge in [-0.15, -0.1) is 0 Å². The zero-order chi connectivity index (χ0) is 15.3. The maximum absolute atomic E-state index is 12.2. The summed E-state index contributed by atoms with van der Waals surface area (Å²) in [6.45, 7) is 0.623. The molecule has 1 aromatic heterocycles. The summed E-state index contributed by atoms with van der Waals surface area (Å²) in [4.78, 5) is 29.7. The number of carbonyl (C=O) groups excluding carboxylic acids is 2. The Labute approximate surface area is 128 Å². The van der Waals surface area contributed by atoms with E-state index in [4.69, 9.17) is 4.74 Å². The zero-order valence-corrected chi connectivity index (χ0v) is 12.5. The van der Waals surface area contributed by atoms with Gasteiger partial charge in [0.15, 0.2) is 0 Å². The number of H-pyrrole nitrogens is 1. The number of esters is 1. The van der Waals surface area contributed by atoms with Crippen molar-refractivity contribution in [1.82, 2.24) is 9.88 Å². The molecule has 0 bridgehead atoms. The van der Waals surface area contributed by atoms with Crippen LogP contribution in [0.3, 0.4) is 0 Å². The number of aromatic nitrogens is 1. The predicted molar refractivity (Wildman–Crippen MR) is 81.5 cm³/mol. The lowest BCUT2D eigenvalue weighted by molar-refractivity contribution is -0.150. The van der Waals surface area contributed by atoms with Gasteiger partial charge in [-0.3, -0.25) is 14.5 Å². The first-order valence-corrected chi connectivity index (χ1v) is 7.64. The van der Waals surface area contributed by atoms with Gasteiger partial charge in [-0.2, -0.15) is 0 Å². The number of hydrogen-bond donors (Lipinski definition) is 1. The van der Waals surface area contributed by atoms with Crippen molar-refractivity contribution in [3.05, 3.63) is 35.5 Å². The van der Waals surface area contributed by atoms with Crippen molar-refractivity contribution in [2.24, 2.45) is 0 Å². The van der Waals surface area contributed by atoms with E-state index >= 15 is 0 Å². The number of aromatic amines is 1. The van der Waals surface area contributed by atoms with Crippen molar-refractivity contribution in [3.63, 3.8) is 0 Å². The molecule has 0 unspecified atom stereocenters. The Morgan fingerprint density at radius 1 is 1.32 bits per heavy atom. The fraction of sp³-hybridized carbons (Fsp3) is 0.412. The number of methoxy groups -OCH3 is 1. The average Bonchev–Trinajstić information content (AvgIpc) is 2.92. The molecule has 4 rings (SSSR count). The van der Waals surface area contributed by atoms with Gasteiger partial charge >= 0.3 is 5.97 Å². The van der Waals surface area contributed by atoms with E-state index in [0.717, 1.165) is 22.2 Å². The molecule has 1 saturated heterocycles. The normalized spacial score (nSPS) is 24.9. The van der Waals surface area contributed by atoms with Crippen LogP contribution in [0.15, 0.2) is 24.3 Å². The first kappa shape index (κ1) is 13.5. The Hall–Kier alpha value is -2.14. The van der Waals surface area contributed by atoms with E-state index in [9.17, 15) is 9.59 Å². The van der Waals surface area contributed by atoms with Crippen molar-refractivity contribution < 1.29 is 14.3 Å². The molecule has 114 valence electrons. The molecule has 3 heterocycles. The van der Waals surface area contributed by atoms with Crippen molar-refractivity contribution in [3.8, 4) is 0 Å². The second-order valence-electron chi connectivity index (χ2n) is 6.05. The predicted octanol–water partition coefficient (Wildman–Crippen LogP) is 1.97. The van der Waals surface area contributed by atoms with E-state index in [0.29, 0.717) is 25.8 Å². The van der Waals surface area contributed by atoms with Gasteiger partial charge in [-0.25, -0.2) is 0 Å². The monoisotopic (exact) mass is 298 g/mol. The van der Waals surface area contributed by atoms with Crippen LogP contribution in [0.25, 0.3) is 10.9 Å². The number of piperidine rings is 1. The highest BCUT2D eigenvalue weighted by molar-refractivity contribution is 5.88. The Bertz CT molecular complexity index is 764. The largest absolute Gasteiger partial charge is 0.468 e. The molecular formula is C17H18N2O3. The molecule has 2 atom stereocenters. The third kappa shape index (κ3) is 1.89. The summed E-state index contributed by atoms with van der Waals surface area (Å²) in [5.74, 6) is 0.0478. The minimum absolute atomic E-state index is 0.0403. The van der Waals surface area contributed by atoms with E-state index in [2.05, 4.69) is 16.0 Å². The highest BCUT2D eigenvalue weighted by Crippen LogP contribution is 2.41. The second kappa shape index (κ2) is 4.95. The molecule has 2 aromatic rings. The van der Waals surface area contributed by atoms with Gasteiger partial charge in [0.2, 0.25) is 0 Å². The molecule has 0 amide bonds. The number of nitrogens with zero attached hydrogens (tertiary/aromatic N) is 1. The Kier molecular flexibility index (Phi) is 3.04. The van der Waals surface area contributed by atoms with Gasteiger partial charge < -0.3 is 9.72 Å². The Morgan fingerprint density at radius 3 is 2.95 bits per heavy atom. The van der Waals surface area contributed by atoms with Gasteiger partial charge in [0, 0.05) is 42.4 Å². The minimum atomic E-state index is -0.296. The van der Waals surface area contributed by atoms with E-state index < -0.39 is 0 Å². The lowest BCUT2D eigenvalue weighted by Gasteiger charge is -2.42. The van der Waals surface area contributed by atoms with Crippen LogP contribution >= 0.6 is 0 Å². The lowest BCUT2D eigenvalue weighted by atomic mass is 9.86. The van der Waals surface area contributed by atoms with Gasteiger partial charge in [0.05, 0.1) is 13.2 Å². The summed E-state index contributed by atoms with van der Waals surface area (Å²) < 4.78 is 4.99. The van der Waals surface area contributed by atoms with Gasteiger partial charge in [-0.1, -0.05) is 18.2 Å². The Balaban J connectivity index is 1.87. The molecule has 0 aliphatic carbocycles. The average molecular weight is 298 g/mol. The molecule has 22 heavy (non-hydrogen) atoms. The SMILES string of the molecule is COC(=O)[C@@H]1Cc2c([nH]c3ccccc23)[C@@H]2CC(=O)CCN12. The number of rotatable bonds is 1. The number of Topliss-reactive ketones (excluding diaryl/α,β-unsaturated/α-hetero) is 1. The molecule has 1 aromatic carbocycles. The molecule has 1 fully saturated rings. The zero-order valence-electron chi connectivity index (χ0n) is 12.5. The van der Waals surface area contributed by atoms with Gasteiger partial charge in [0.25, 0.3) is 0 Å². The maximum Gasteiger partial charge on any atom is 0.323 e. The van der Waals surface area contributed by atoms with Crippen molar-refractivity contribution in [2.45, 2.75) is 31.3 Å². The van der Waals surface area contributed by atoms with Crippen LogP contribution in [-0.2, 0) is 20.7 Å². The van der Waals surface area contributed by atoms with Crippen LogP contribution < -0.4 is 0 Å². The summed E-state index contributed by atoms with van der Waals surface area (Å²) >= 11 is 0. The first-order chi connectivity index (χ1) is 10.7. The van der Waals surface area contributed by atoms with Crippen molar-refractivity contribution in [1.29, 1.82) is 0 Å². The van der Waals surface area contributed by atoms with Gasteiger partial charge in [-0.05, 0) is 11.6 Å². The second-order valence-corrected chi connectivity index (χ2v) is 6.05. The van der Waals surface area contributed by atoms with Crippen LogP contribution in [-0.4, -0.2) is 41.3 Å². The molecule has 5 heteroatoms. The van der Waals surface area contributed by atoms with Crippen molar-refractivity contribution in [2.75, 3.05) is 13.7 Å². The molecule has 0 saturated carbocycles. The molecular weight excluding hydrogens is 280 g/mol. The van der Waals surface area contributed by atoms with Crippen LogP contribution in [0, 0.1) is 0 Å². The third-order valence-electron chi connectivity index (χ3n) is 4.92. The fourth-order valence-electron chi connectivity index (χ4n) is 3.88. The Morgan fingerprint density at radius 2 is 2.14 bits per heavy atom. The highest BCUT2D eigenvalue weighted by atomic mass is 16.5. The third-order valence-corrected chi connectivity index (χ3v) is 4.92. The summed E-state index contributed by atoms with van der Waals surface area (Å²) in [5, 5.41) is 1.14. The standard InChI is InChI=1S/C17H18N2O3/c1-22-17(21)15-9-12-11-4-2-3-5-13(11)18-16(12)14-8-10(20)6-7-19(14)15/h2-5,14-15,18H,6-9H2,1H3/t14-,15-/m0/s1. The van der Waals surface area contributed by atoms with Crippen LogP contribution in [0.5, 0.6) is 0 Å². The molecule has 0 radical (unpaired) electrons. The number of fused-ring (bicyclic) bond motifs is 5. The van der Waals surface area contributed by atoms with Gasteiger partial charge in [0.1, 0.15) is 11.8 Å². The maximum atomic E-state index is 12.2.